The Hall–Kier alpha value is -0.130. The number of sulfonamides is 1. The molecule has 1 aliphatic rings. The quantitative estimate of drug-likeness (QED) is 0.693. The fourth-order valence-electron chi connectivity index (χ4n) is 1.57. The molecule has 0 aliphatic carbocycles. The Bertz CT molecular complexity index is 251. The van der Waals surface area contributed by atoms with Crippen molar-refractivity contribution in [3.63, 3.8) is 0 Å². The second-order valence-corrected chi connectivity index (χ2v) is 5.61. The number of hydrogen-bond acceptors (Lipinski definition) is 3. The van der Waals surface area contributed by atoms with Gasteiger partial charge in [-0.3, -0.25) is 0 Å². The number of nitrogens with zero attached hydrogens (tertiary/aromatic N) is 1. The maximum absolute atomic E-state index is 11.6. The summed E-state index contributed by atoms with van der Waals surface area (Å²) in [7, 11) is -3.00. The summed E-state index contributed by atoms with van der Waals surface area (Å²) in [4.78, 5) is 0. The third-order valence-corrected chi connectivity index (χ3v) is 4.45. The van der Waals surface area contributed by atoms with E-state index in [9.17, 15) is 8.42 Å². The van der Waals surface area contributed by atoms with E-state index in [1.807, 2.05) is 6.92 Å². The first kappa shape index (κ1) is 10.9. The number of rotatable bonds is 2. The van der Waals surface area contributed by atoms with Gasteiger partial charge in [0.2, 0.25) is 10.0 Å². The summed E-state index contributed by atoms with van der Waals surface area (Å²) >= 11 is 0. The molecule has 0 aromatic heterocycles. The molecule has 1 rings (SSSR count). The van der Waals surface area contributed by atoms with Crippen LogP contribution in [0, 0.1) is 0 Å². The number of nitrogens with one attached hydrogen (secondary N) is 1. The molecule has 1 N–H and O–H groups in total. The van der Waals surface area contributed by atoms with Crippen LogP contribution in [-0.4, -0.2) is 44.2 Å². The Labute approximate surface area is 80.4 Å². The zero-order valence-electron chi connectivity index (χ0n) is 8.28. The fourth-order valence-corrected chi connectivity index (χ4v) is 2.92. The summed E-state index contributed by atoms with van der Waals surface area (Å²) < 4.78 is 24.8. The smallest absolute Gasteiger partial charge is 0.214 e. The van der Waals surface area contributed by atoms with Crippen molar-refractivity contribution in [3.8, 4) is 0 Å². The average molecular weight is 206 g/mol. The van der Waals surface area contributed by atoms with Crippen molar-refractivity contribution >= 4 is 10.0 Å². The molecule has 0 amide bonds. The molecular formula is C8H18N2O2S. The highest BCUT2D eigenvalue weighted by Crippen LogP contribution is 2.11. The van der Waals surface area contributed by atoms with Crippen LogP contribution in [0.1, 0.15) is 20.3 Å². The van der Waals surface area contributed by atoms with Gasteiger partial charge >= 0.3 is 0 Å². The molecule has 1 heterocycles. The summed E-state index contributed by atoms with van der Waals surface area (Å²) in [6.07, 6.45) is 0.902. The molecule has 0 spiro atoms. The van der Waals surface area contributed by atoms with Crippen LogP contribution in [0.4, 0.5) is 0 Å². The highest BCUT2D eigenvalue weighted by molar-refractivity contribution is 7.89. The van der Waals surface area contributed by atoms with Crippen molar-refractivity contribution in [1.29, 1.82) is 0 Å². The van der Waals surface area contributed by atoms with Gasteiger partial charge in [0.15, 0.2) is 0 Å². The molecule has 0 aromatic carbocycles. The van der Waals surface area contributed by atoms with Crippen molar-refractivity contribution < 1.29 is 8.42 Å². The first-order valence-electron chi connectivity index (χ1n) is 4.78. The van der Waals surface area contributed by atoms with Crippen molar-refractivity contribution in [2.24, 2.45) is 0 Å². The topological polar surface area (TPSA) is 49.4 Å². The Morgan fingerprint density at radius 3 is 2.77 bits per heavy atom. The van der Waals surface area contributed by atoms with Crippen molar-refractivity contribution in [1.82, 2.24) is 9.62 Å². The van der Waals surface area contributed by atoms with Crippen LogP contribution in [0.25, 0.3) is 0 Å². The van der Waals surface area contributed by atoms with Crippen LogP contribution >= 0.6 is 0 Å². The van der Waals surface area contributed by atoms with Gasteiger partial charge in [-0.25, -0.2) is 8.42 Å². The molecule has 78 valence electrons. The molecule has 1 atom stereocenters. The van der Waals surface area contributed by atoms with Gasteiger partial charge in [0.25, 0.3) is 0 Å². The first-order chi connectivity index (χ1) is 6.08. The second-order valence-electron chi connectivity index (χ2n) is 3.40. The minimum Gasteiger partial charge on any atom is -0.315 e. The molecule has 1 aliphatic heterocycles. The Morgan fingerprint density at radius 1 is 1.46 bits per heavy atom. The minimum absolute atomic E-state index is 0.139. The highest BCUT2D eigenvalue weighted by Gasteiger charge is 2.26. The molecule has 0 radical (unpaired) electrons. The van der Waals surface area contributed by atoms with Gasteiger partial charge in [-0.05, 0) is 26.8 Å². The van der Waals surface area contributed by atoms with E-state index in [0.29, 0.717) is 6.54 Å². The number of hydrogen-bond donors (Lipinski definition) is 1. The van der Waals surface area contributed by atoms with E-state index >= 15 is 0 Å². The van der Waals surface area contributed by atoms with Gasteiger partial charge in [-0.1, -0.05) is 0 Å². The molecule has 13 heavy (non-hydrogen) atoms. The van der Waals surface area contributed by atoms with Crippen LogP contribution < -0.4 is 5.32 Å². The summed E-state index contributed by atoms with van der Waals surface area (Å²) in [5, 5.41) is 3.20. The van der Waals surface area contributed by atoms with Crippen molar-refractivity contribution in [3.05, 3.63) is 0 Å². The fraction of sp³-hybridized carbons (Fsp3) is 1.00. The summed E-state index contributed by atoms with van der Waals surface area (Å²) in [6, 6.07) is 0.139. The maximum Gasteiger partial charge on any atom is 0.214 e. The van der Waals surface area contributed by atoms with Crippen molar-refractivity contribution in [2.75, 3.05) is 25.4 Å². The molecule has 4 nitrogen and oxygen atoms in total. The lowest BCUT2D eigenvalue weighted by Gasteiger charge is -2.24. The largest absolute Gasteiger partial charge is 0.315 e. The van der Waals surface area contributed by atoms with Crippen LogP contribution in [0.15, 0.2) is 0 Å². The molecule has 0 saturated carbocycles. The van der Waals surface area contributed by atoms with Gasteiger partial charge in [0.05, 0.1) is 5.75 Å². The summed E-state index contributed by atoms with van der Waals surface area (Å²) in [6.45, 7) is 5.96. The lowest BCUT2D eigenvalue weighted by Crippen LogP contribution is -2.40. The summed E-state index contributed by atoms with van der Waals surface area (Å²) in [5.74, 6) is 0.206. The van der Waals surface area contributed by atoms with Gasteiger partial charge in [0.1, 0.15) is 0 Å². The second kappa shape index (κ2) is 4.39. The minimum atomic E-state index is -3.00. The lowest BCUT2D eigenvalue weighted by molar-refractivity contribution is 0.351. The predicted molar refractivity (Wildman–Crippen MR) is 53.1 cm³/mol. The third kappa shape index (κ3) is 2.65. The van der Waals surface area contributed by atoms with Crippen molar-refractivity contribution in [2.45, 2.75) is 26.3 Å². The normalized spacial score (nSPS) is 27.1. The molecule has 0 bridgehead atoms. The monoisotopic (exact) mass is 206 g/mol. The van der Waals surface area contributed by atoms with Crippen LogP contribution in [0.2, 0.25) is 0 Å². The molecule has 0 aromatic rings. The molecular weight excluding hydrogens is 188 g/mol. The van der Waals surface area contributed by atoms with E-state index in [0.717, 1.165) is 19.5 Å². The Morgan fingerprint density at radius 2 is 2.15 bits per heavy atom. The van der Waals surface area contributed by atoms with E-state index < -0.39 is 10.0 Å². The third-order valence-electron chi connectivity index (χ3n) is 2.46. The van der Waals surface area contributed by atoms with E-state index in [-0.39, 0.29) is 11.8 Å². The van der Waals surface area contributed by atoms with E-state index in [1.54, 1.807) is 11.2 Å². The molecule has 1 fully saturated rings. The van der Waals surface area contributed by atoms with Gasteiger partial charge < -0.3 is 5.32 Å². The SMILES string of the molecule is CCS(=O)(=O)N1CCNCCC1C. The highest BCUT2D eigenvalue weighted by atomic mass is 32.2. The zero-order chi connectivity index (χ0) is 9.90. The molecule has 1 saturated heterocycles. The Balaban J connectivity index is 2.75. The lowest BCUT2D eigenvalue weighted by atomic mass is 10.2. The molecule has 5 heteroatoms. The zero-order valence-corrected chi connectivity index (χ0v) is 9.10. The first-order valence-corrected chi connectivity index (χ1v) is 6.39. The maximum atomic E-state index is 11.6. The van der Waals surface area contributed by atoms with E-state index in [4.69, 9.17) is 0 Å². The van der Waals surface area contributed by atoms with Gasteiger partial charge in [-0.15, -0.1) is 0 Å². The van der Waals surface area contributed by atoms with Gasteiger partial charge in [0, 0.05) is 19.1 Å². The average Bonchev–Trinajstić information content (AvgIpc) is 2.30. The Kier molecular flexibility index (Phi) is 3.70. The summed E-state index contributed by atoms with van der Waals surface area (Å²) in [5.41, 5.74) is 0. The van der Waals surface area contributed by atoms with Crippen LogP contribution in [0.3, 0.4) is 0 Å². The van der Waals surface area contributed by atoms with Gasteiger partial charge in [-0.2, -0.15) is 4.31 Å². The van der Waals surface area contributed by atoms with E-state index in [1.165, 1.54) is 0 Å². The predicted octanol–water partition coefficient (Wildman–Crippen LogP) is 0.0199. The van der Waals surface area contributed by atoms with Crippen LogP contribution in [-0.2, 0) is 10.0 Å². The molecule has 1 unspecified atom stereocenters. The van der Waals surface area contributed by atoms with E-state index in [2.05, 4.69) is 5.32 Å². The van der Waals surface area contributed by atoms with Crippen LogP contribution in [0.5, 0.6) is 0 Å². The standard InChI is InChI=1S/C8H18N2O2S/c1-3-13(11,12)10-7-6-9-5-4-8(10)2/h8-9H,3-7H2,1-2H3.